The number of nitrogens with zero attached hydrogens (tertiary/aromatic N) is 3. The van der Waals surface area contributed by atoms with E-state index in [1.54, 1.807) is 16.8 Å². The van der Waals surface area contributed by atoms with Gasteiger partial charge in [0.1, 0.15) is 0 Å². The summed E-state index contributed by atoms with van der Waals surface area (Å²) in [4.78, 5) is 10.4. The van der Waals surface area contributed by atoms with Crippen LogP contribution in [0, 0.1) is 10.1 Å². The lowest BCUT2D eigenvalue weighted by molar-refractivity contribution is -0.385. The van der Waals surface area contributed by atoms with Gasteiger partial charge >= 0.3 is 0 Å². The van der Waals surface area contributed by atoms with Gasteiger partial charge in [-0.05, 0) is 33.6 Å². The second-order valence-corrected chi connectivity index (χ2v) is 5.30. The minimum absolute atomic E-state index is 0.0917. The minimum Gasteiger partial charge on any atom is -0.312 e. The number of hydrogen-bond acceptors (Lipinski definition) is 4. The fourth-order valence-electron chi connectivity index (χ4n) is 1.85. The molecule has 0 saturated heterocycles. The number of halogens is 1. The molecule has 1 aromatic carbocycles. The van der Waals surface area contributed by atoms with Crippen LogP contribution in [0.15, 0.2) is 34.9 Å². The highest BCUT2D eigenvalue weighted by Crippen LogP contribution is 2.25. The van der Waals surface area contributed by atoms with Crippen molar-refractivity contribution in [3.8, 4) is 0 Å². The molecular formula is C13H15BrN4O2. The smallest absolute Gasteiger partial charge is 0.283 e. The van der Waals surface area contributed by atoms with Crippen LogP contribution in [0.1, 0.15) is 11.3 Å². The first kappa shape index (κ1) is 14.7. The third kappa shape index (κ3) is 3.88. The molecule has 1 aromatic heterocycles. The summed E-state index contributed by atoms with van der Waals surface area (Å²) in [6.45, 7) is 1.38. The molecule has 2 aromatic rings. The Morgan fingerprint density at radius 1 is 1.45 bits per heavy atom. The Morgan fingerprint density at radius 3 is 2.90 bits per heavy atom. The summed E-state index contributed by atoms with van der Waals surface area (Å²) in [5.74, 6) is 0. The lowest BCUT2D eigenvalue weighted by Gasteiger charge is -2.04. The van der Waals surface area contributed by atoms with E-state index >= 15 is 0 Å². The maximum absolute atomic E-state index is 10.8. The molecule has 0 aliphatic rings. The summed E-state index contributed by atoms with van der Waals surface area (Å²) >= 11 is 3.17. The van der Waals surface area contributed by atoms with E-state index < -0.39 is 0 Å². The third-order valence-corrected chi connectivity index (χ3v) is 3.53. The maximum Gasteiger partial charge on any atom is 0.283 e. The van der Waals surface area contributed by atoms with Gasteiger partial charge in [-0.3, -0.25) is 14.8 Å². The Balaban J connectivity index is 1.85. The van der Waals surface area contributed by atoms with Crippen molar-refractivity contribution in [1.29, 1.82) is 0 Å². The Labute approximate surface area is 125 Å². The molecule has 0 unspecified atom stereocenters. The van der Waals surface area contributed by atoms with E-state index in [1.807, 2.05) is 25.4 Å². The van der Waals surface area contributed by atoms with Crippen LogP contribution >= 0.6 is 15.9 Å². The van der Waals surface area contributed by atoms with Gasteiger partial charge in [-0.2, -0.15) is 5.10 Å². The summed E-state index contributed by atoms with van der Waals surface area (Å²) in [6.07, 6.45) is 2.74. The molecular weight excluding hydrogens is 324 g/mol. The van der Waals surface area contributed by atoms with Crippen molar-refractivity contribution < 1.29 is 4.92 Å². The number of aromatic nitrogens is 2. The van der Waals surface area contributed by atoms with Crippen molar-refractivity contribution in [3.05, 3.63) is 56.3 Å². The fourth-order valence-corrected chi connectivity index (χ4v) is 2.25. The highest BCUT2D eigenvalue weighted by atomic mass is 79.9. The molecule has 0 saturated carbocycles. The Bertz CT molecular complexity index is 612. The van der Waals surface area contributed by atoms with E-state index in [-0.39, 0.29) is 10.6 Å². The molecule has 1 N–H and O–H groups in total. The summed E-state index contributed by atoms with van der Waals surface area (Å²) < 4.78 is 2.27. The molecule has 0 aliphatic heterocycles. The highest BCUT2D eigenvalue weighted by Gasteiger charge is 2.11. The second-order valence-electron chi connectivity index (χ2n) is 4.45. The number of hydrogen-bond donors (Lipinski definition) is 1. The van der Waals surface area contributed by atoms with Crippen LogP contribution in [-0.2, 0) is 20.0 Å². The standard InChI is InChI=1S/C13H15BrN4O2/c1-17-7-5-11(16-17)4-6-15-9-10-2-3-12(14)13(8-10)18(19)20/h2-3,5,7-8,15H,4,6,9H2,1H3. The molecule has 0 aliphatic carbocycles. The van der Waals surface area contributed by atoms with E-state index in [2.05, 4.69) is 26.3 Å². The van der Waals surface area contributed by atoms with Gasteiger partial charge in [0.15, 0.2) is 0 Å². The number of rotatable bonds is 6. The molecule has 106 valence electrons. The van der Waals surface area contributed by atoms with Gasteiger partial charge in [0.2, 0.25) is 0 Å². The topological polar surface area (TPSA) is 73.0 Å². The fraction of sp³-hybridized carbons (Fsp3) is 0.308. The summed E-state index contributed by atoms with van der Waals surface area (Å²) in [7, 11) is 1.89. The molecule has 1 heterocycles. The van der Waals surface area contributed by atoms with Crippen molar-refractivity contribution in [2.45, 2.75) is 13.0 Å². The number of aryl methyl sites for hydroxylation is 1. The van der Waals surface area contributed by atoms with E-state index in [4.69, 9.17) is 0 Å². The van der Waals surface area contributed by atoms with Crippen LogP contribution < -0.4 is 5.32 Å². The Kier molecular flexibility index (Phi) is 4.86. The minimum atomic E-state index is -0.387. The van der Waals surface area contributed by atoms with Gasteiger partial charge in [0, 0.05) is 38.8 Å². The largest absolute Gasteiger partial charge is 0.312 e. The SMILES string of the molecule is Cn1ccc(CCNCc2ccc(Br)c([N+](=O)[O-])c2)n1. The molecule has 0 spiro atoms. The van der Waals surface area contributed by atoms with Gasteiger partial charge in [0.05, 0.1) is 15.1 Å². The number of nitro groups is 1. The second kappa shape index (κ2) is 6.62. The molecule has 0 bridgehead atoms. The number of benzene rings is 1. The quantitative estimate of drug-likeness (QED) is 0.498. The highest BCUT2D eigenvalue weighted by molar-refractivity contribution is 9.10. The summed E-state index contributed by atoms with van der Waals surface area (Å²) in [6, 6.07) is 7.13. The average molecular weight is 339 g/mol. The summed E-state index contributed by atoms with van der Waals surface area (Å²) in [5.41, 5.74) is 2.01. The third-order valence-electron chi connectivity index (χ3n) is 2.86. The van der Waals surface area contributed by atoms with Crippen LogP contribution in [0.4, 0.5) is 5.69 Å². The molecule has 6 nitrogen and oxygen atoms in total. The van der Waals surface area contributed by atoms with Crippen molar-refractivity contribution in [2.24, 2.45) is 7.05 Å². The first-order chi connectivity index (χ1) is 9.56. The monoisotopic (exact) mass is 338 g/mol. The van der Waals surface area contributed by atoms with Crippen LogP contribution in [0.2, 0.25) is 0 Å². The molecule has 0 atom stereocenters. The first-order valence-electron chi connectivity index (χ1n) is 6.18. The van der Waals surface area contributed by atoms with Crippen LogP contribution in [0.25, 0.3) is 0 Å². The van der Waals surface area contributed by atoms with E-state index in [9.17, 15) is 10.1 Å². The van der Waals surface area contributed by atoms with E-state index in [0.29, 0.717) is 11.0 Å². The zero-order valence-electron chi connectivity index (χ0n) is 11.0. The van der Waals surface area contributed by atoms with Crippen molar-refractivity contribution in [3.63, 3.8) is 0 Å². The van der Waals surface area contributed by atoms with Crippen molar-refractivity contribution >= 4 is 21.6 Å². The molecule has 0 fully saturated rings. The molecule has 0 radical (unpaired) electrons. The normalized spacial score (nSPS) is 10.7. The zero-order chi connectivity index (χ0) is 14.5. The lowest BCUT2D eigenvalue weighted by Crippen LogP contribution is -2.17. The first-order valence-corrected chi connectivity index (χ1v) is 6.97. The predicted molar refractivity (Wildman–Crippen MR) is 79.4 cm³/mol. The lowest BCUT2D eigenvalue weighted by atomic mass is 10.2. The maximum atomic E-state index is 10.8. The summed E-state index contributed by atoms with van der Waals surface area (Å²) in [5, 5.41) is 18.4. The Morgan fingerprint density at radius 2 is 2.25 bits per heavy atom. The Hall–Kier alpha value is -1.73. The molecule has 20 heavy (non-hydrogen) atoms. The molecule has 7 heteroatoms. The van der Waals surface area contributed by atoms with Gasteiger partial charge in [-0.15, -0.1) is 0 Å². The van der Waals surface area contributed by atoms with E-state index in [1.165, 1.54) is 0 Å². The van der Waals surface area contributed by atoms with Crippen molar-refractivity contribution in [1.82, 2.24) is 15.1 Å². The van der Waals surface area contributed by atoms with Crippen LogP contribution in [0.3, 0.4) is 0 Å². The van der Waals surface area contributed by atoms with Crippen molar-refractivity contribution in [2.75, 3.05) is 6.54 Å². The van der Waals surface area contributed by atoms with E-state index in [0.717, 1.165) is 24.2 Å². The molecule has 0 amide bonds. The molecule has 2 rings (SSSR count). The number of nitrogens with one attached hydrogen (secondary N) is 1. The zero-order valence-corrected chi connectivity index (χ0v) is 12.6. The van der Waals surface area contributed by atoms with Gasteiger partial charge in [-0.1, -0.05) is 6.07 Å². The average Bonchev–Trinajstić information content (AvgIpc) is 2.82. The number of nitro benzene ring substituents is 1. The van der Waals surface area contributed by atoms with Crippen LogP contribution in [-0.4, -0.2) is 21.2 Å². The van der Waals surface area contributed by atoms with Gasteiger partial charge in [0.25, 0.3) is 5.69 Å². The van der Waals surface area contributed by atoms with Gasteiger partial charge < -0.3 is 5.32 Å². The van der Waals surface area contributed by atoms with Crippen LogP contribution in [0.5, 0.6) is 0 Å². The predicted octanol–water partition coefficient (Wildman–Crippen LogP) is 2.42. The van der Waals surface area contributed by atoms with Gasteiger partial charge in [-0.25, -0.2) is 0 Å².